The van der Waals surface area contributed by atoms with Gasteiger partial charge in [0.25, 0.3) is 11.8 Å². The number of benzene rings is 2. The number of hydrogen-bond donors (Lipinski definition) is 2. The molecule has 0 radical (unpaired) electrons. The summed E-state index contributed by atoms with van der Waals surface area (Å²) in [7, 11) is 0. The number of anilines is 1. The fraction of sp³-hybridized carbons (Fsp3) is 0.208. The highest BCUT2D eigenvalue weighted by Crippen LogP contribution is 2.29. The summed E-state index contributed by atoms with van der Waals surface area (Å²) in [5.41, 5.74) is 3.63. The number of aromatic nitrogens is 3. The lowest BCUT2D eigenvalue weighted by Crippen LogP contribution is -2.24. The largest absolute Gasteiger partial charge is 0.320 e. The molecular weight excluding hydrogens is 431 g/mol. The summed E-state index contributed by atoms with van der Waals surface area (Å²) in [6.07, 6.45) is 3.24. The van der Waals surface area contributed by atoms with Crippen LogP contribution in [0.5, 0.6) is 0 Å². The monoisotopic (exact) mass is 451 g/mol. The van der Waals surface area contributed by atoms with E-state index in [-0.39, 0.29) is 18.7 Å². The molecule has 0 aliphatic carbocycles. The van der Waals surface area contributed by atoms with Gasteiger partial charge in [-0.1, -0.05) is 12.1 Å². The number of carbonyl (C=O) groups is 1. The third-order valence-electron chi connectivity index (χ3n) is 5.64. The summed E-state index contributed by atoms with van der Waals surface area (Å²) in [6.45, 7) is 0.496. The van der Waals surface area contributed by atoms with Crippen molar-refractivity contribution in [3.63, 3.8) is 0 Å². The van der Waals surface area contributed by atoms with Crippen LogP contribution in [0.2, 0.25) is 0 Å². The normalized spacial score (nSPS) is 15.7. The van der Waals surface area contributed by atoms with Crippen LogP contribution >= 0.6 is 0 Å². The Bertz CT molecular complexity index is 1340. The standard InChI is InChI=1S/C24H20F3N5O/c25-18-2-1-3-19(10-18)29-23(33)22-20-9-16(4-5-21(20)30-31-22)17-8-15(11-28-12-17)13-32-7-6-24(26,27)14-32/h1-5,8-12H,6-7,13-14H2,(H,29,33)(H,30,31). The molecule has 2 aromatic carbocycles. The van der Waals surface area contributed by atoms with E-state index in [9.17, 15) is 18.0 Å². The lowest BCUT2D eigenvalue weighted by Gasteiger charge is -2.15. The molecule has 0 unspecified atom stereocenters. The number of H-pyrrole nitrogens is 1. The fourth-order valence-electron chi connectivity index (χ4n) is 4.06. The zero-order valence-corrected chi connectivity index (χ0v) is 17.5. The van der Waals surface area contributed by atoms with Crippen molar-refractivity contribution in [3.05, 3.63) is 78.0 Å². The Balaban J connectivity index is 1.40. The molecule has 9 heteroatoms. The highest BCUT2D eigenvalue weighted by molar-refractivity contribution is 6.11. The molecule has 2 aromatic heterocycles. The lowest BCUT2D eigenvalue weighted by molar-refractivity contribution is 0.0115. The number of fused-ring (bicyclic) bond motifs is 1. The molecule has 5 rings (SSSR count). The van der Waals surface area contributed by atoms with Crippen molar-refractivity contribution >= 4 is 22.5 Å². The van der Waals surface area contributed by atoms with Crippen LogP contribution in [0.1, 0.15) is 22.5 Å². The number of nitrogens with zero attached hydrogens (tertiary/aromatic N) is 3. The van der Waals surface area contributed by atoms with Crippen molar-refractivity contribution in [1.82, 2.24) is 20.1 Å². The smallest absolute Gasteiger partial charge is 0.276 e. The van der Waals surface area contributed by atoms with E-state index in [1.165, 1.54) is 18.2 Å². The predicted molar refractivity (Wildman–Crippen MR) is 119 cm³/mol. The molecule has 6 nitrogen and oxygen atoms in total. The van der Waals surface area contributed by atoms with Gasteiger partial charge in [0.15, 0.2) is 5.69 Å². The van der Waals surface area contributed by atoms with Crippen molar-refractivity contribution in [2.45, 2.75) is 18.9 Å². The zero-order valence-electron chi connectivity index (χ0n) is 17.5. The first-order valence-corrected chi connectivity index (χ1v) is 10.5. The molecule has 1 aliphatic heterocycles. The van der Waals surface area contributed by atoms with E-state index in [0.29, 0.717) is 29.7 Å². The van der Waals surface area contributed by atoms with Gasteiger partial charge >= 0.3 is 0 Å². The minimum absolute atomic E-state index is 0.127. The molecule has 1 amide bonds. The molecule has 168 valence electrons. The van der Waals surface area contributed by atoms with Gasteiger partial charge in [-0.15, -0.1) is 0 Å². The molecular formula is C24H20F3N5O. The van der Waals surface area contributed by atoms with Gasteiger partial charge in [-0.2, -0.15) is 5.10 Å². The Labute approximate surface area is 187 Å². The van der Waals surface area contributed by atoms with Crippen LogP contribution in [0.25, 0.3) is 22.0 Å². The van der Waals surface area contributed by atoms with E-state index in [4.69, 9.17) is 0 Å². The van der Waals surface area contributed by atoms with Crippen LogP contribution in [0.4, 0.5) is 18.9 Å². The maximum atomic E-state index is 13.5. The average molecular weight is 451 g/mol. The van der Waals surface area contributed by atoms with Crippen molar-refractivity contribution in [2.75, 3.05) is 18.4 Å². The minimum Gasteiger partial charge on any atom is -0.320 e. The molecule has 0 bridgehead atoms. The van der Waals surface area contributed by atoms with Crippen molar-refractivity contribution in [1.29, 1.82) is 0 Å². The molecule has 4 aromatic rings. The van der Waals surface area contributed by atoms with Gasteiger partial charge in [0.2, 0.25) is 0 Å². The van der Waals surface area contributed by atoms with Gasteiger partial charge < -0.3 is 5.32 Å². The Morgan fingerprint density at radius 2 is 2.00 bits per heavy atom. The van der Waals surface area contributed by atoms with Crippen molar-refractivity contribution in [2.24, 2.45) is 0 Å². The van der Waals surface area contributed by atoms with Crippen LogP contribution in [-0.4, -0.2) is 45.0 Å². The topological polar surface area (TPSA) is 73.9 Å². The van der Waals surface area contributed by atoms with Crippen molar-refractivity contribution < 1.29 is 18.0 Å². The minimum atomic E-state index is -2.64. The van der Waals surface area contributed by atoms with E-state index in [2.05, 4.69) is 20.5 Å². The highest BCUT2D eigenvalue weighted by Gasteiger charge is 2.37. The van der Waals surface area contributed by atoms with E-state index in [0.717, 1.165) is 16.7 Å². The Morgan fingerprint density at radius 1 is 1.12 bits per heavy atom. The van der Waals surface area contributed by atoms with Crippen LogP contribution in [0.3, 0.4) is 0 Å². The zero-order chi connectivity index (χ0) is 23.0. The second-order valence-electron chi connectivity index (χ2n) is 8.20. The molecule has 1 saturated heterocycles. The van der Waals surface area contributed by atoms with Gasteiger partial charge in [-0.25, -0.2) is 13.2 Å². The molecule has 0 saturated carbocycles. The third kappa shape index (κ3) is 4.58. The number of nitrogens with one attached hydrogen (secondary N) is 2. The molecule has 0 atom stereocenters. The molecule has 33 heavy (non-hydrogen) atoms. The Hall–Kier alpha value is -3.72. The van der Waals surface area contributed by atoms with Crippen LogP contribution < -0.4 is 5.32 Å². The summed E-state index contributed by atoms with van der Waals surface area (Å²) in [5.74, 6) is -3.56. The van der Waals surface area contributed by atoms with E-state index in [1.807, 2.05) is 24.3 Å². The number of likely N-dealkylation sites (tertiary alicyclic amines) is 1. The number of aromatic amines is 1. The van der Waals surface area contributed by atoms with Gasteiger partial charge in [-0.3, -0.25) is 19.8 Å². The molecule has 0 spiro atoms. The second-order valence-corrected chi connectivity index (χ2v) is 8.20. The summed E-state index contributed by atoms with van der Waals surface area (Å²) in [4.78, 5) is 18.7. The summed E-state index contributed by atoms with van der Waals surface area (Å²) >= 11 is 0. The maximum Gasteiger partial charge on any atom is 0.276 e. The first-order chi connectivity index (χ1) is 15.9. The fourth-order valence-corrected chi connectivity index (χ4v) is 4.06. The van der Waals surface area contributed by atoms with Crippen LogP contribution in [-0.2, 0) is 6.54 Å². The SMILES string of the molecule is O=C(Nc1cccc(F)c1)c1n[nH]c2ccc(-c3cncc(CN4CCC(F)(F)C4)c3)cc12. The third-order valence-corrected chi connectivity index (χ3v) is 5.64. The van der Waals surface area contributed by atoms with Gasteiger partial charge in [0.1, 0.15) is 5.82 Å². The molecule has 1 aliphatic rings. The average Bonchev–Trinajstić information content (AvgIpc) is 3.36. The first-order valence-electron chi connectivity index (χ1n) is 10.5. The van der Waals surface area contributed by atoms with E-state index in [1.54, 1.807) is 23.4 Å². The van der Waals surface area contributed by atoms with Gasteiger partial charge in [0.05, 0.1) is 12.1 Å². The van der Waals surface area contributed by atoms with E-state index < -0.39 is 17.6 Å². The predicted octanol–water partition coefficient (Wildman–Crippen LogP) is 4.86. The summed E-state index contributed by atoms with van der Waals surface area (Å²) in [5, 5.41) is 10.2. The number of hydrogen-bond acceptors (Lipinski definition) is 4. The Kier molecular flexibility index (Phi) is 5.33. The summed E-state index contributed by atoms with van der Waals surface area (Å²) in [6, 6.07) is 13.0. The van der Waals surface area contributed by atoms with Crippen LogP contribution in [0.15, 0.2) is 60.9 Å². The number of pyridine rings is 1. The highest BCUT2D eigenvalue weighted by atomic mass is 19.3. The number of carbonyl (C=O) groups excluding carboxylic acids is 1. The van der Waals surface area contributed by atoms with Gasteiger partial charge in [-0.05, 0) is 47.5 Å². The van der Waals surface area contributed by atoms with Crippen LogP contribution in [0, 0.1) is 5.82 Å². The number of alkyl halides is 2. The molecule has 2 N–H and O–H groups in total. The summed E-state index contributed by atoms with van der Waals surface area (Å²) < 4.78 is 40.4. The molecule has 3 heterocycles. The quantitative estimate of drug-likeness (QED) is 0.455. The molecule has 1 fully saturated rings. The number of rotatable bonds is 5. The van der Waals surface area contributed by atoms with Crippen molar-refractivity contribution in [3.8, 4) is 11.1 Å². The lowest BCUT2D eigenvalue weighted by atomic mass is 10.0. The maximum absolute atomic E-state index is 13.5. The number of halogens is 3. The Morgan fingerprint density at radius 3 is 2.79 bits per heavy atom. The van der Waals surface area contributed by atoms with E-state index >= 15 is 0 Å². The van der Waals surface area contributed by atoms with Gasteiger partial charge in [0, 0.05) is 48.5 Å². The first kappa shape index (κ1) is 21.1. The number of amides is 1. The second kappa shape index (κ2) is 8.32.